The third-order valence-electron chi connectivity index (χ3n) is 3.37. The van der Waals surface area contributed by atoms with Gasteiger partial charge in [-0.05, 0) is 36.5 Å². The van der Waals surface area contributed by atoms with Crippen molar-refractivity contribution in [3.8, 4) is 5.75 Å². The number of rotatable bonds is 4. The Morgan fingerprint density at radius 2 is 2.29 bits per heavy atom. The van der Waals surface area contributed by atoms with Crippen molar-refractivity contribution < 1.29 is 4.74 Å². The Kier molecular flexibility index (Phi) is 2.47. The number of methoxy groups -OCH3 is 1. The van der Waals surface area contributed by atoms with Gasteiger partial charge in [0.05, 0.1) is 17.3 Å². The smallest absolute Gasteiger partial charge is 0.183 e. The van der Waals surface area contributed by atoms with Crippen LogP contribution in [0.3, 0.4) is 0 Å². The summed E-state index contributed by atoms with van der Waals surface area (Å²) in [6.45, 7) is 3.35. The molecule has 3 rings (SSSR count). The fraction of sp³-hybridized carbons (Fsp3) is 0.462. The molecule has 0 saturated heterocycles. The molecule has 90 valence electrons. The SMILES string of the molecule is COc1ccc2nc(NCC3(C)CC3)sc2c1. The molecule has 1 aromatic heterocycles. The number of hydrogen-bond donors (Lipinski definition) is 1. The molecule has 0 radical (unpaired) electrons. The third-order valence-corrected chi connectivity index (χ3v) is 4.34. The monoisotopic (exact) mass is 248 g/mol. The molecule has 17 heavy (non-hydrogen) atoms. The van der Waals surface area contributed by atoms with Crippen LogP contribution in [0, 0.1) is 5.41 Å². The Labute approximate surface area is 105 Å². The molecule has 1 heterocycles. The van der Waals surface area contributed by atoms with Gasteiger partial charge < -0.3 is 10.1 Å². The van der Waals surface area contributed by atoms with Gasteiger partial charge in [-0.2, -0.15) is 0 Å². The Balaban J connectivity index is 1.80. The van der Waals surface area contributed by atoms with Crippen LogP contribution in [0.25, 0.3) is 10.2 Å². The number of anilines is 1. The van der Waals surface area contributed by atoms with E-state index in [1.165, 1.54) is 17.5 Å². The first kappa shape index (κ1) is 10.8. The number of hydrogen-bond acceptors (Lipinski definition) is 4. The zero-order valence-corrected chi connectivity index (χ0v) is 10.9. The van der Waals surface area contributed by atoms with E-state index in [1.54, 1.807) is 18.4 Å². The molecular formula is C13H16N2OS. The van der Waals surface area contributed by atoms with Crippen molar-refractivity contribution in [2.75, 3.05) is 19.0 Å². The summed E-state index contributed by atoms with van der Waals surface area (Å²) in [4.78, 5) is 4.57. The highest BCUT2D eigenvalue weighted by Gasteiger charge is 2.36. The van der Waals surface area contributed by atoms with Crippen LogP contribution in [0.15, 0.2) is 18.2 Å². The van der Waals surface area contributed by atoms with Gasteiger partial charge in [0.2, 0.25) is 0 Å². The average Bonchev–Trinajstić information content (AvgIpc) is 2.93. The second-order valence-electron chi connectivity index (χ2n) is 5.02. The van der Waals surface area contributed by atoms with Crippen LogP contribution in [-0.2, 0) is 0 Å². The van der Waals surface area contributed by atoms with E-state index in [2.05, 4.69) is 17.2 Å². The molecule has 0 atom stereocenters. The molecular weight excluding hydrogens is 232 g/mol. The van der Waals surface area contributed by atoms with E-state index in [0.717, 1.165) is 22.9 Å². The summed E-state index contributed by atoms with van der Waals surface area (Å²) in [5.41, 5.74) is 1.55. The van der Waals surface area contributed by atoms with E-state index in [1.807, 2.05) is 18.2 Å². The Hall–Kier alpha value is -1.29. The predicted molar refractivity (Wildman–Crippen MR) is 72.0 cm³/mol. The summed E-state index contributed by atoms with van der Waals surface area (Å²) in [6.07, 6.45) is 2.66. The topological polar surface area (TPSA) is 34.1 Å². The van der Waals surface area contributed by atoms with Crippen molar-refractivity contribution >= 4 is 26.7 Å². The number of benzene rings is 1. The molecule has 4 heteroatoms. The van der Waals surface area contributed by atoms with E-state index < -0.39 is 0 Å². The normalized spacial score (nSPS) is 17.1. The van der Waals surface area contributed by atoms with Crippen molar-refractivity contribution in [3.63, 3.8) is 0 Å². The Bertz CT molecular complexity index is 545. The van der Waals surface area contributed by atoms with Crippen molar-refractivity contribution in [3.05, 3.63) is 18.2 Å². The van der Waals surface area contributed by atoms with Crippen molar-refractivity contribution in [2.45, 2.75) is 19.8 Å². The predicted octanol–water partition coefficient (Wildman–Crippen LogP) is 3.52. The molecule has 0 unspecified atom stereocenters. The van der Waals surface area contributed by atoms with Crippen LogP contribution in [0.4, 0.5) is 5.13 Å². The average molecular weight is 248 g/mol. The quantitative estimate of drug-likeness (QED) is 0.899. The highest BCUT2D eigenvalue weighted by atomic mass is 32.1. The lowest BCUT2D eigenvalue weighted by molar-refractivity contribution is 0.415. The van der Waals surface area contributed by atoms with Gasteiger partial charge in [-0.15, -0.1) is 0 Å². The van der Waals surface area contributed by atoms with E-state index in [9.17, 15) is 0 Å². The third kappa shape index (κ3) is 2.22. The maximum absolute atomic E-state index is 5.21. The van der Waals surface area contributed by atoms with Gasteiger partial charge in [0.25, 0.3) is 0 Å². The zero-order valence-electron chi connectivity index (χ0n) is 10.1. The zero-order chi connectivity index (χ0) is 11.9. The van der Waals surface area contributed by atoms with Crippen LogP contribution in [0.2, 0.25) is 0 Å². The van der Waals surface area contributed by atoms with Crippen molar-refractivity contribution in [2.24, 2.45) is 5.41 Å². The number of thiazole rings is 1. The fourth-order valence-electron chi connectivity index (χ4n) is 1.79. The molecule has 0 bridgehead atoms. The fourth-order valence-corrected chi connectivity index (χ4v) is 2.68. The van der Waals surface area contributed by atoms with Crippen molar-refractivity contribution in [1.82, 2.24) is 4.98 Å². The van der Waals surface area contributed by atoms with Gasteiger partial charge in [0, 0.05) is 6.54 Å². The maximum Gasteiger partial charge on any atom is 0.183 e. The second kappa shape index (κ2) is 3.88. The lowest BCUT2D eigenvalue weighted by Crippen LogP contribution is -2.11. The van der Waals surface area contributed by atoms with Gasteiger partial charge in [-0.3, -0.25) is 0 Å². The van der Waals surface area contributed by atoms with Crippen LogP contribution in [-0.4, -0.2) is 18.6 Å². The van der Waals surface area contributed by atoms with Gasteiger partial charge >= 0.3 is 0 Å². The summed E-state index contributed by atoms with van der Waals surface area (Å²) in [5.74, 6) is 0.891. The molecule has 3 nitrogen and oxygen atoms in total. The molecule has 1 fully saturated rings. The molecule has 1 N–H and O–H groups in total. The van der Waals surface area contributed by atoms with Gasteiger partial charge in [0.15, 0.2) is 5.13 Å². The first-order chi connectivity index (χ1) is 8.18. The summed E-state index contributed by atoms with van der Waals surface area (Å²) >= 11 is 1.69. The summed E-state index contributed by atoms with van der Waals surface area (Å²) in [5, 5.41) is 4.46. The largest absolute Gasteiger partial charge is 0.497 e. The lowest BCUT2D eigenvalue weighted by atomic mass is 10.1. The number of nitrogens with one attached hydrogen (secondary N) is 1. The number of aromatic nitrogens is 1. The molecule has 1 aliphatic carbocycles. The number of ether oxygens (including phenoxy) is 1. The molecule has 1 aromatic carbocycles. The minimum Gasteiger partial charge on any atom is -0.497 e. The van der Waals surface area contributed by atoms with Crippen LogP contribution >= 0.6 is 11.3 Å². The molecule has 0 spiro atoms. The highest BCUT2D eigenvalue weighted by Crippen LogP contribution is 2.45. The summed E-state index contributed by atoms with van der Waals surface area (Å²) in [6, 6.07) is 6.00. The van der Waals surface area contributed by atoms with Crippen LogP contribution in [0.5, 0.6) is 5.75 Å². The molecule has 1 saturated carbocycles. The van der Waals surface area contributed by atoms with E-state index in [0.29, 0.717) is 5.41 Å². The molecule has 2 aromatic rings. The highest BCUT2D eigenvalue weighted by molar-refractivity contribution is 7.22. The number of fused-ring (bicyclic) bond motifs is 1. The Morgan fingerprint density at radius 3 is 3.00 bits per heavy atom. The standard InChI is InChI=1S/C13H16N2OS/c1-13(5-6-13)8-14-12-15-10-4-3-9(16-2)7-11(10)17-12/h3-4,7H,5-6,8H2,1-2H3,(H,14,15). The van der Waals surface area contributed by atoms with Crippen LogP contribution < -0.4 is 10.1 Å². The van der Waals surface area contributed by atoms with Gasteiger partial charge in [0.1, 0.15) is 5.75 Å². The van der Waals surface area contributed by atoms with Crippen LogP contribution in [0.1, 0.15) is 19.8 Å². The Morgan fingerprint density at radius 1 is 1.47 bits per heavy atom. The first-order valence-corrected chi connectivity index (χ1v) is 6.69. The maximum atomic E-state index is 5.21. The summed E-state index contributed by atoms with van der Waals surface area (Å²) < 4.78 is 6.39. The van der Waals surface area contributed by atoms with Gasteiger partial charge in [-0.25, -0.2) is 4.98 Å². The van der Waals surface area contributed by atoms with Gasteiger partial charge in [-0.1, -0.05) is 18.3 Å². The van der Waals surface area contributed by atoms with E-state index in [-0.39, 0.29) is 0 Å². The minimum absolute atomic E-state index is 0.509. The summed E-state index contributed by atoms with van der Waals surface area (Å²) in [7, 11) is 1.69. The molecule has 0 aliphatic heterocycles. The molecule has 0 amide bonds. The second-order valence-corrected chi connectivity index (χ2v) is 6.05. The van der Waals surface area contributed by atoms with E-state index >= 15 is 0 Å². The first-order valence-electron chi connectivity index (χ1n) is 5.87. The number of nitrogens with zero attached hydrogens (tertiary/aromatic N) is 1. The van der Waals surface area contributed by atoms with E-state index in [4.69, 9.17) is 4.74 Å². The molecule has 1 aliphatic rings. The lowest BCUT2D eigenvalue weighted by Gasteiger charge is -2.07. The van der Waals surface area contributed by atoms with Crippen molar-refractivity contribution in [1.29, 1.82) is 0 Å². The minimum atomic E-state index is 0.509.